The summed E-state index contributed by atoms with van der Waals surface area (Å²) in [4.78, 5) is 2.42. The van der Waals surface area contributed by atoms with Crippen molar-refractivity contribution < 1.29 is 0 Å². The lowest BCUT2D eigenvalue weighted by Gasteiger charge is -2.29. The van der Waals surface area contributed by atoms with E-state index in [0.29, 0.717) is 0 Å². The summed E-state index contributed by atoms with van der Waals surface area (Å²) in [6, 6.07) is 70.8. The van der Waals surface area contributed by atoms with E-state index in [-0.39, 0.29) is 5.92 Å². The molecule has 60 heavy (non-hydrogen) atoms. The lowest BCUT2D eigenvalue weighted by molar-refractivity contribution is 0.924. The van der Waals surface area contributed by atoms with Crippen LogP contribution in [0.25, 0.3) is 35.4 Å². The predicted octanol–water partition coefficient (Wildman–Crippen LogP) is 16.1. The van der Waals surface area contributed by atoms with Crippen LogP contribution in [0.1, 0.15) is 81.0 Å². The highest BCUT2D eigenvalue weighted by Crippen LogP contribution is 2.41. The Labute approximate surface area is 357 Å². The lowest BCUT2D eigenvalue weighted by atomic mass is 9.79. The number of benzene rings is 8. The van der Waals surface area contributed by atoms with Gasteiger partial charge in [-0.15, -0.1) is 0 Å². The molecule has 0 heterocycles. The summed E-state index contributed by atoms with van der Waals surface area (Å²) in [6.07, 6.45) is 10.7. The second-order valence-corrected chi connectivity index (χ2v) is 15.6. The van der Waals surface area contributed by atoms with E-state index in [1.165, 1.54) is 78.0 Å². The van der Waals surface area contributed by atoms with Gasteiger partial charge in [-0.05, 0) is 123 Å². The van der Waals surface area contributed by atoms with E-state index in [4.69, 9.17) is 0 Å². The molecule has 0 saturated carbocycles. The summed E-state index contributed by atoms with van der Waals surface area (Å²) in [7, 11) is 0. The molecule has 1 atom stereocenters. The maximum absolute atomic E-state index is 2.42. The van der Waals surface area contributed by atoms with Gasteiger partial charge in [-0.25, -0.2) is 0 Å². The fourth-order valence-electron chi connectivity index (χ4n) is 8.44. The normalized spacial score (nSPS) is 11.9. The molecule has 1 nitrogen and oxygen atoms in total. The Bertz CT molecular complexity index is 2490. The Morgan fingerprint density at radius 1 is 0.383 bits per heavy atom. The monoisotopic (exact) mass is 775 g/mol. The predicted molar refractivity (Wildman–Crippen MR) is 259 cm³/mol. The topological polar surface area (TPSA) is 3.24 Å². The third-order valence-corrected chi connectivity index (χ3v) is 11.7. The van der Waals surface area contributed by atoms with Gasteiger partial charge in [0, 0.05) is 17.3 Å². The van der Waals surface area contributed by atoms with Gasteiger partial charge in [0.25, 0.3) is 0 Å². The maximum atomic E-state index is 2.42. The van der Waals surface area contributed by atoms with E-state index in [2.05, 4.69) is 251 Å². The summed E-state index contributed by atoms with van der Waals surface area (Å²) >= 11 is 0. The minimum atomic E-state index is 0.125. The van der Waals surface area contributed by atoms with Gasteiger partial charge < -0.3 is 4.90 Å². The van der Waals surface area contributed by atoms with Crippen LogP contribution in [0.15, 0.2) is 194 Å². The largest absolute Gasteiger partial charge is 0.310 e. The molecule has 0 spiro atoms. The highest BCUT2D eigenvalue weighted by Gasteiger charge is 2.22. The molecule has 8 aromatic carbocycles. The zero-order valence-electron chi connectivity index (χ0n) is 35.2. The number of hydrogen-bond donors (Lipinski definition) is 0. The molecule has 1 heteroatoms. The summed E-state index contributed by atoms with van der Waals surface area (Å²) in [5, 5.41) is 0. The van der Waals surface area contributed by atoms with Gasteiger partial charge in [0.2, 0.25) is 0 Å². The minimum absolute atomic E-state index is 0.125. The van der Waals surface area contributed by atoms with E-state index < -0.39 is 0 Å². The highest BCUT2D eigenvalue weighted by atomic mass is 15.1. The van der Waals surface area contributed by atoms with Gasteiger partial charge in [0.15, 0.2) is 0 Å². The number of rotatable bonds is 13. The van der Waals surface area contributed by atoms with Crippen LogP contribution in [0, 0.1) is 13.8 Å². The molecular weight excluding hydrogens is 723 g/mol. The van der Waals surface area contributed by atoms with E-state index in [1.807, 2.05) is 0 Å². The molecule has 0 bridgehead atoms. The van der Waals surface area contributed by atoms with Gasteiger partial charge in [0.05, 0.1) is 5.69 Å². The van der Waals surface area contributed by atoms with Gasteiger partial charge in [-0.1, -0.05) is 208 Å². The van der Waals surface area contributed by atoms with Gasteiger partial charge in [-0.2, -0.15) is 0 Å². The Kier molecular flexibility index (Phi) is 12.4. The molecule has 8 rings (SSSR count). The maximum Gasteiger partial charge on any atom is 0.0522 e. The third kappa shape index (κ3) is 9.02. The van der Waals surface area contributed by atoms with Crippen molar-refractivity contribution in [2.45, 2.75) is 46.5 Å². The van der Waals surface area contributed by atoms with Crippen LogP contribution in [0.3, 0.4) is 0 Å². The van der Waals surface area contributed by atoms with E-state index >= 15 is 0 Å². The van der Waals surface area contributed by atoms with Gasteiger partial charge >= 0.3 is 0 Å². The van der Waals surface area contributed by atoms with Crippen molar-refractivity contribution in [1.82, 2.24) is 0 Å². The number of anilines is 3. The highest BCUT2D eigenvalue weighted by molar-refractivity contribution is 5.82. The summed E-state index contributed by atoms with van der Waals surface area (Å²) in [5.74, 6) is 0.125. The second-order valence-electron chi connectivity index (χ2n) is 15.6. The number of aryl methyl sites for hydroxylation is 4. The average Bonchev–Trinajstić information content (AvgIpc) is 3.30. The van der Waals surface area contributed by atoms with Crippen molar-refractivity contribution in [3.05, 3.63) is 255 Å². The van der Waals surface area contributed by atoms with E-state index in [1.54, 1.807) is 0 Å². The first-order valence-electron chi connectivity index (χ1n) is 21.3. The number of hydrogen-bond acceptors (Lipinski definition) is 1. The molecular formula is C59H53N. The molecule has 0 aliphatic carbocycles. The van der Waals surface area contributed by atoms with Crippen LogP contribution in [-0.4, -0.2) is 0 Å². The first-order chi connectivity index (χ1) is 29.5. The Balaban J connectivity index is 1.10. The quantitative estimate of drug-likeness (QED) is 0.0833. The van der Waals surface area contributed by atoms with Gasteiger partial charge in [0.1, 0.15) is 0 Å². The molecule has 0 aliphatic heterocycles. The Hall–Kier alpha value is -6.96. The first kappa shape index (κ1) is 39.8. The van der Waals surface area contributed by atoms with Crippen molar-refractivity contribution in [1.29, 1.82) is 0 Å². The Morgan fingerprint density at radius 2 is 0.783 bits per heavy atom. The molecule has 0 radical (unpaired) electrons. The summed E-state index contributed by atoms with van der Waals surface area (Å²) in [5.41, 5.74) is 20.0. The third-order valence-electron chi connectivity index (χ3n) is 11.7. The van der Waals surface area contributed by atoms with Crippen LogP contribution in [-0.2, 0) is 12.8 Å². The molecule has 294 valence electrons. The molecule has 0 aromatic heterocycles. The molecule has 0 saturated heterocycles. The Morgan fingerprint density at radius 3 is 1.28 bits per heavy atom. The van der Waals surface area contributed by atoms with Crippen molar-refractivity contribution in [3.63, 3.8) is 0 Å². The lowest BCUT2D eigenvalue weighted by Crippen LogP contribution is -2.13. The second kappa shape index (κ2) is 18.7. The summed E-state index contributed by atoms with van der Waals surface area (Å²) in [6.45, 7) is 8.99. The van der Waals surface area contributed by atoms with E-state index in [0.717, 1.165) is 24.2 Å². The first-order valence-corrected chi connectivity index (χ1v) is 21.3. The SMILES string of the molecule is CCc1cccc(C)c1C(c1ccc(/C=C/c2ccccc2)cc1)c1ccc(-c2ccc(N(c3ccc(/C=C/c4ccccc4)cc3)c3c(C)cccc3CC)cc2)cc1. The van der Waals surface area contributed by atoms with Crippen molar-refractivity contribution >= 4 is 41.4 Å². The van der Waals surface area contributed by atoms with Crippen molar-refractivity contribution in [3.8, 4) is 11.1 Å². The summed E-state index contributed by atoms with van der Waals surface area (Å²) < 4.78 is 0. The fourth-order valence-corrected chi connectivity index (χ4v) is 8.44. The average molecular weight is 776 g/mol. The molecule has 0 amide bonds. The zero-order chi connectivity index (χ0) is 41.3. The van der Waals surface area contributed by atoms with Crippen LogP contribution >= 0.6 is 0 Å². The van der Waals surface area contributed by atoms with Crippen LogP contribution < -0.4 is 4.90 Å². The van der Waals surface area contributed by atoms with Crippen molar-refractivity contribution in [2.24, 2.45) is 0 Å². The molecule has 1 unspecified atom stereocenters. The zero-order valence-corrected chi connectivity index (χ0v) is 35.2. The fraction of sp³-hybridized carbons (Fsp3) is 0.119. The van der Waals surface area contributed by atoms with Crippen LogP contribution in [0.4, 0.5) is 17.1 Å². The molecule has 0 N–H and O–H groups in total. The smallest absolute Gasteiger partial charge is 0.0522 e. The van der Waals surface area contributed by atoms with Gasteiger partial charge in [-0.3, -0.25) is 0 Å². The standard InChI is InChI=1S/C59H53N/c1-5-49-21-13-15-43(3)57(49)58(53-31-27-47(28-32-53)25-23-45-17-9-7-10-18-45)54-35-33-51(34-36-54)52-37-41-56(42-38-52)60(59-44(4)16-14-22-50(59)6-2)55-39-29-48(30-40-55)26-24-46-19-11-8-12-20-46/h7-42,58H,5-6H2,1-4H3/b25-23+,26-24+. The molecule has 8 aromatic rings. The molecule has 0 fully saturated rings. The molecule has 0 aliphatic rings. The van der Waals surface area contributed by atoms with Crippen molar-refractivity contribution in [2.75, 3.05) is 4.90 Å². The van der Waals surface area contributed by atoms with E-state index in [9.17, 15) is 0 Å². The minimum Gasteiger partial charge on any atom is -0.310 e. The number of nitrogens with zero attached hydrogens (tertiary/aromatic N) is 1. The van der Waals surface area contributed by atoms with Crippen LogP contribution in [0.5, 0.6) is 0 Å². The van der Waals surface area contributed by atoms with Crippen LogP contribution in [0.2, 0.25) is 0 Å². The number of para-hydroxylation sites is 1.